The number of carbonyl (C=O) groups excluding carboxylic acids is 1. The first-order chi connectivity index (χ1) is 5.98. The predicted octanol–water partition coefficient (Wildman–Crippen LogP) is 0.495. The summed E-state index contributed by atoms with van der Waals surface area (Å²) >= 11 is 0. The van der Waals surface area contributed by atoms with Gasteiger partial charge in [0.1, 0.15) is 0 Å². The standard InChI is InChI=1S/C8H12F2N2O.ClH/c1-12-3-2-7(5-12)4-11-6(13)8(7,9)10;/h2-5H2,1H3,(H,11,13);1H. The molecule has 1 unspecified atom stereocenters. The zero-order valence-electron chi connectivity index (χ0n) is 7.85. The Morgan fingerprint density at radius 2 is 2.14 bits per heavy atom. The van der Waals surface area contributed by atoms with Crippen LogP contribution in [0.15, 0.2) is 0 Å². The SMILES string of the molecule is CN1CCC2(CNC(=O)C2(F)F)C1.Cl. The number of carbonyl (C=O) groups is 1. The van der Waals surface area contributed by atoms with Crippen LogP contribution in [0.2, 0.25) is 0 Å². The second-order valence-electron chi connectivity index (χ2n) is 4.03. The summed E-state index contributed by atoms with van der Waals surface area (Å²) in [5.74, 6) is -4.29. The number of amides is 1. The quantitative estimate of drug-likeness (QED) is 0.652. The van der Waals surface area contributed by atoms with Gasteiger partial charge in [-0.25, -0.2) is 0 Å². The van der Waals surface area contributed by atoms with E-state index in [2.05, 4.69) is 5.32 Å². The maximum absolute atomic E-state index is 13.4. The largest absolute Gasteiger partial charge is 0.350 e. The van der Waals surface area contributed by atoms with Gasteiger partial charge in [-0.3, -0.25) is 4.79 Å². The maximum atomic E-state index is 13.4. The van der Waals surface area contributed by atoms with Crippen LogP contribution in [0.3, 0.4) is 0 Å². The second kappa shape index (κ2) is 3.31. The third-order valence-electron chi connectivity index (χ3n) is 3.08. The van der Waals surface area contributed by atoms with E-state index in [0.29, 0.717) is 19.5 Å². The Hall–Kier alpha value is -0.420. The molecular formula is C8H13ClF2N2O. The molecule has 1 spiro atoms. The highest BCUT2D eigenvalue weighted by Gasteiger charge is 2.65. The van der Waals surface area contributed by atoms with Crippen LogP contribution in [0.4, 0.5) is 8.78 Å². The van der Waals surface area contributed by atoms with E-state index in [1.54, 1.807) is 7.05 Å². The van der Waals surface area contributed by atoms with Crippen molar-refractivity contribution in [3.8, 4) is 0 Å². The molecule has 0 aromatic carbocycles. The Morgan fingerprint density at radius 1 is 1.50 bits per heavy atom. The summed E-state index contributed by atoms with van der Waals surface area (Å²) in [5.41, 5.74) is -1.14. The number of likely N-dealkylation sites (tertiary alicyclic amines) is 1. The zero-order valence-corrected chi connectivity index (χ0v) is 8.66. The Bertz CT molecular complexity index is 262. The molecule has 2 rings (SSSR count). The molecule has 0 radical (unpaired) electrons. The number of hydrogen-bond acceptors (Lipinski definition) is 2. The van der Waals surface area contributed by atoms with Crippen molar-refractivity contribution < 1.29 is 13.6 Å². The number of rotatable bonds is 0. The van der Waals surface area contributed by atoms with Gasteiger partial charge in [0.2, 0.25) is 0 Å². The Morgan fingerprint density at radius 3 is 2.50 bits per heavy atom. The normalized spacial score (nSPS) is 35.8. The fraction of sp³-hybridized carbons (Fsp3) is 0.875. The molecule has 3 nitrogen and oxygen atoms in total. The fourth-order valence-electron chi connectivity index (χ4n) is 2.19. The molecule has 0 aromatic rings. The van der Waals surface area contributed by atoms with E-state index >= 15 is 0 Å². The van der Waals surface area contributed by atoms with E-state index in [9.17, 15) is 13.6 Å². The highest BCUT2D eigenvalue weighted by molar-refractivity contribution is 5.87. The van der Waals surface area contributed by atoms with E-state index in [1.807, 2.05) is 4.90 Å². The van der Waals surface area contributed by atoms with Gasteiger partial charge in [-0.1, -0.05) is 0 Å². The summed E-state index contributed by atoms with van der Waals surface area (Å²) in [6.45, 7) is 1.06. The van der Waals surface area contributed by atoms with Crippen LogP contribution < -0.4 is 5.32 Å². The van der Waals surface area contributed by atoms with Gasteiger partial charge in [-0.2, -0.15) is 8.78 Å². The van der Waals surface area contributed by atoms with Gasteiger partial charge in [-0.05, 0) is 20.0 Å². The fourth-order valence-corrected chi connectivity index (χ4v) is 2.19. The highest BCUT2D eigenvalue weighted by Crippen LogP contribution is 2.46. The van der Waals surface area contributed by atoms with Crippen molar-refractivity contribution in [2.24, 2.45) is 5.41 Å². The summed E-state index contributed by atoms with van der Waals surface area (Å²) in [6, 6.07) is 0. The Kier molecular flexibility index (Phi) is 2.75. The first-order valence-corrected chi connectivity index (χ1v) is 4.33. The van der Waals surface area contributed by atoms with E-state index in [0.717, 1.165) is 0 Å². The summed E-state index contributed by atoms with van der Waals surface area (Å²) in [5, 5.41) is 2.25. The number of nitrogens with one attached hydrogen (secondary N) is 1. The van der Waals surface area contributed by atoms with E-state index in [4.69, 9.17) is 0 Å². The van der Waals surface area contributed by atoms with Crippen molar-refractivity contribution in [1.82, 2.24) is 10.2 Å². The zero-order chi connectivity index (χ0) is 9.69. The van der Waals surface area contributed by atoms with Crippen molar-refractivity contribution in [3.05, 3.63) is 0 Å². The van der Waals surface area contributed by atoms with Crippen LogP contribution in [0.25, 0.3) is 0 Å². The summed E-state index contributed by atoms with van der Waals surface area (Å²) in [7, 11) is 1.80. The minimum atomic E-state index is -3.18. The van der Waals surface area contributed by atoms with Crippen molar-refractivity contribution in [2.75, 3.05) is 26.7 Å². The van der Waals surface area contributed by atoms with Crippen LogP contribution in [0.5, 0.6) is 0 Å². The lowest BCUT2D eigenvalue weighted by atomic mass is 9.83. The molecule has 0 aromatic heterocycles. The molecule has 2 aliphatic rings. The lowest BCUT2D eigenvalue weighted by Crippen LogP contribution is -2.44. The van der Waals surface area contributed by atoms with Crippen LogP contribution in [0.1, 0.15) is 6.42 Å². The van der Waals surface area contributed by atoms with Gasteiger partial charge in [-0.15, -0.1) is 12.4 Å². The topological polar surface area (TPSA) is 32.3 Å². The van der Waals surface area contributed by atoms with Gasteiger partial charge in [0.25, 0.3) is 5.91 Å². The Balaban J connectivity index is 0.000000980. The van der Waals surface area contributed by atoms with Crippen molar-refractivity contribution in [2.45, 2.75) is 12.3 Å². The number of hydrogen-bond donors (Lipinski definition) is 1. The summed E-state index contributed by atoms with van der Waals surface area (Å²) < 4.78 is 26.9. The molecule has 0 aliphatic carbocycles. The average Bonchev–Trinajstić information content (AvgIpc) is 2.52. The highest BCUT2D eigenvalue weighted by atomic mass is 35.5. The minimum Gasteiger partial charge on any atom is -0.350 e. The van der Waals surface area contributed by atoms with Crippen LogP contribution in [-0.2, 0) is 4.79 Å². The number of halogens is 3. The van der Waals surface area contributed by atoms with Crippen LogP contribution in [-0.4, -0.2) is 43.4 Å². The molecule has 0 saturated carbocycles. The minimum absolute atomic E-state index is 0. The Labute approximate surface area is 87.2 Å². The van der Waals surface area contributed by atoms with Crippen LogP contribution in [0, 0.1) is 5.41 Å². The molecule has 1 amide bonds. The molecule has 6 heteroatoms. The number of alkyl halides is 2. The van der Waals surface area contributed by atoms with Crippen molar-refractivity contribution in [3.63, 3.8) is 0 Å². The molecule has 82 valence electrons. The average molecular weight is 227 g/mol. The second-order valence-corrected chi connectivity index (χ2v) is 4.03. The van der Waals surface area contributed by atoms with Gasteiger partial charge in [0.05, 0.1) is 5.41 Å². The smallest absolute Gasteiger partial charge is 0.332 e. The van der Waals surface area contributed by atoms with Gasteiger partial charge in [0.15, 0.2) is 0 Å². The molecule has 2 heterocycles. The first kappa shape index (κ1) is 11.7. The summed E-state index contributed by atoms with van der Waals surface area (Å²) in [6.07, 6.45) is 0.398. The third-order valence-corrected chi connectivity index (χ3v) is 3.08. The van der Waals surface area contributed by atoms with Gasteiger partial charge in [0, 0.05) is 13.1 Å². The molecular weight excluding hydrogens is 214 g/mol. The van der Waals surface area contributed by atoms with E-state index in [-0.39, 0.29) is 19.0 Å². The van der Waals surface area contributed by atoms with E-state index in [1.165, 1.54) is 0 Å². The van der Waals surface area contributed by atoms with Gasteiger partial charge >= 0.3 is 5.92 Å². The van der Waals surface area contributed by atoms with E-state index < -0.39 is 17.2 Å². The predicted molar refractivity (Wildman–Crippen MR) is 49.8 cm³/mol. The molecule has 2 aliphatic heterocycles. The lowest BCUT2D eigenvalue weighted by Gasteiger charge is -2.26. The number of nitrogens with zero attached hydrogens (tertiary/aromatic N) is 1. The monoisotopic (exact) mass is 226 g/mol. The third kappa shape index (κ3) is 1.30. The maximum Gasteiger partial charge on any atom is 0.332 e. The van der Waals surface area contributed by atoms with Crippen molar-refractivity contribution in [1.29, 1.82) is 0 Å². The molecule has 14 heavy (non-hydrogen) atoms. The lowest BCUT2D eigenvalue weighted by molar-refractivity contribution is -0.152. The van der Waals surface area contributed by atoms with Crippen LogP contribution >= 0.6 is 12.4 Å². The molecule has 2 saturated heterocycles. The first-order valence-electron chi connectivity index (χ1n) is 4.33. The molecule has 0 bridgehead atoms. The molecule has 1 N–H and O–H groups in total. The summed E-state index contributed by atoms with van der Waals surface area (Å²) in [4.78, 5) is 12.7. The van der Waals surface area contributed by atoms with Gasteiger partial charge < -0.3 is 10.2 Å². The molecule has 2 fully saturated rings. The molecule has 1 atom stereocenters. The van der Waals surface area contributed by atoms with Crippen molar-refractivity contribution >= 4 is 18.3 Å².